The van der Waals surface area contributed by atoms with E-state index in [0.717, 1.165) is 50.3 Å². The highest BCUT2D eigenvalue weighted by Gasteiger charge is 2.24. The first-order valence-corrected chi connectivity index (χ1v) is 12.1. The second kappa shape index (κ2) is 12.2. The molecule has 0 bridgehead atoms. The molecular weight excluding hydrogens is 399 g/mol. The van der Waals surface area contributed by atoms with E-state index in [1.165, 1.54) is 42.6 Å². The molecule has 0 amide bonds. The van der Waals surface area contributed by atoms with Crippen LogP contribution < -0.4 is 0 Å². The van der Waals surface area contributed by atoms with Gasteiger partial charge in [-0.25, -0.2) is 4.39 Å². The van der Waals surface area contributed by atoms with Gasteiger partial charge in [0, 0.05) is 42.8 Å². The van der Waals surface area contributed by atoms with Crippen LogP contribution in [0.3, 0.4) is 0 Å². The third-order valence-electron chi connectivity index (χ3n) is 6.70. The van der Waals surface area contributed by atoms with Crippen molar-refractivity contribution in [2.45, 2.75) is 65.5 Å². The zero-order valence-electron chi connectivity index (χ0n) is 20.3. The van der Waals surface area contributed by atoms with Crippen LogP contribution in [0.15, 0.2) is 41.5 Å². The van der Waals surface area contributed by atoms with Crippen molar-refractivity contribution in [3.05, 3.63) is 64.7 Å². The summed E-state index contributed by atoms with van der Waals surface area (Å²) in [5.41, 5.74) is 5.83. The minimum Gasteiger partial charge on any atom is -0.300 e. The Kier molecular flexibility index (Phi) is 9.36. The van der Waals surface area contributed by atoms with Crippen molar-refractivity contribution >= 4 is 5.71 Å². The molecule has 3 rings (SSSR count). The van der Waals surface area contributed by atoms with Crippen molar-refractivity contribution in [2.75, 3.05) is 33.2 Å². The summed E-state index contributed by atoms with van der Waals surface area (Å²) < 4.78 is 13.1. The van der Waals surface area contributed by atoms with Crippen molar-refractivity contribution in [2.24, 2.45) is 4.99 Å². The molecule has 0 spiro atoms. The molecular formula is C27H39FN4. The molecule has 2 aromatic rings. The van der Waals surface area contributed by atoms with E-state index in [4.69, 9.17) is 4.98 Å². The molecule has 1 saturated heterocycles. The number of hydrogen-bond acceptors (Lipinski definition) is 4. The van der Waals surface area contributed by atoms with Gasteiger partial charge in [-0.15, -0.1) is 0 Å². The first-order chi connectivity index (χ1) is 15.5. The summed E-state index contributed by atoms with van der Waals surface area (Å²) in [5, 5.41) is 0. The lowest BCUT2D eigenvalue weighted by molar-refractivity contribution is 0.103. The Hall–Kier alpha value is -2.11. The Morgan fingerprint density at radius 1 is 1.19 bits per heavy atom. The van der Waals surface area contributed by atoms with Crippen molar-refractivity contribution in [1.29, 1.82) is 0 Å². The number of likely N-dealkylation sites (tertiary alicyclic amines) is 1. The first kappa shape index (κ1) is 24.5. The Morgan fingerprint density at radius 3 is 2.53 bits per heavy atom. The number of halogens is 1. The van der Waals surface area contributed by atoms with Crippen LogP contribution in [0, 0.1) is 12.7 Å². The summed E-state index contributed by atoms with van der Waals surface area (Å²) in [6.45, 7) is 11.9. The van der Waals surface area contributed by atoms with Crippen LogP contribution in [0.4, 0.5) is 4.39 Å². The molecule has 2 heterocycles. The number of aryl methyl sites for hydroxylation is 2. The molecule has 1 aliphatic rings. The van der Waals surface area contributed by atoms with Crippen molar-refractivity contribution < 1.29 is 4.39 Å². The van der Waals surface area contributed by atoms with E-state index in [1.807, 2.05) is 32.3 Å². The number of aromatic nitrogens is 1. The van der Waals surface area contributed by atoms with Crippen molar-refractivity contribution in [1.82, 2.24) is 14.8 Å². The Labute approximate surface area is 193 Å². The number of benzene rings is 1. The molecule has 1 aromatic heterocycles. The predicted molar refractivity (Wildman–Crippen MR) is 132 cm³/mol. The highest BCUT2D eigenvalue weighted by molar-refractivity contribution is 5.98. The lowest BCUT2D eigenvalue weighted by Crippen LogP contribution is -2.45. The van der Waals surface area contributed by atoms with Gasteiger partial charge in [0.1, 0.15) is 5.82 Å². The van der Waals surface area contributed by atoms with Crippen LogP contribution in [0.25, 0.3) is 0 Å². The zero-order chi connectivity index (χ0) is 22.9. The number of rotatable bonds is 10. The minimum absolute atomic E-state index is 0.158. The number of nitrogens with zero attached hydrogens (tertiary/aromatic N) is 4. The van der Waals surface area contributed by atoms with E-state index in [9.17, 15) is 4.39 Å². The van der Waals surface area contributed by atoms with Gasteiger partial charge >= 0.3 is 0 Å². The van der Waals surface area contributed by atoms with Gasteiger partial charge in [0.2, 0.25) is 0 Å². The van der Waals surface area contributed by atoms with Crippen LogP contribution in [-0.2, 0) is 13.0 Å². The maximum atomic E-state index is 13.1. The van der Waals surface area contributed by atoms with Crippen molar-refractivity contribution in [3.8, 4) is 0 Å². The molecule has 4 nitrogen and oxygen atoms in total. The predicted octanol–water partition coefficient (Wildman–Crippen LogP) is 5.28. The van der Waals surface area contributed by atoms with Gasteiger partial charge in [0.05, 0.1) is 0 Å². The van der Waals surface area contributed by atoms with E-state index < -0.39 is 0 Å². The molecule has 1 aliphatic heterocycles. The van der Waals surface area contributed by atoms with Gasteiger partial charge < -0.3 is 4.90 Å². The van der Waals surface area contributed by atoms with E-state index in [1.54, 1.807) is 12.1 Å². The second-order valence-corrected chi connectivity index (χ2v) is 9.07. The van der Waals surface area contributed by atoms with Gasteiger partial charge in [0.15, 0.2) is 0 Å². The maximum absolute atomic E-state index is 13.1. The average Bonchev–Trinajstić information content (AvgIpc) is 2.81. The summed E-state index contributed by atoms with van der Waals surface area (Å²) in [4.78, 5) is 14.2. The average molecular weight is 439 g/mol. The molecule has 5 heteroatoms. The largest absolute Gasteiger partial charge is 0.300 e. The van der Waals surface area contributed by atoms with Crippen LogP contribution >= 0.6 is 0 Å². The number of pyridine rings is 1. The van der Waals surface area contributed by atoms with Crippen molar-refractivity contribution in [3.63, 3.8) is 0 Å². The van der Waals surface area contributed by atoms with Crippen LogP contribution in [0.5, 0.6) is 0 Å². The molecule has 0 atom stereocenters. The normalized spacial score (nSPS) is 16.1. The molecule has 0 unspecified atom stereocenters. The van der Waals surface area contributed by atoms with Gasteiger partial charge in [-0.05, 0) is 101 Å². The Morgan fingerprint density at radius 2 is 1.91 bits per heavy atom. The Balaban J connectivity index is 1.48. The monoisotopic (exact) mass is 438 g/mol. The summed E-state index contributed by atoms with van der Waals surface area (Å²) in [6.07, 6.45) is 7.75. The minimum atomic E-state index is -0.158. The van der Waals surface area contributed by atoms with Gasteiger partial charge in [0.25, 0.3) is 0 Å². The van der Waals surface area contributed by atoms with E-state index >= 15 is 0 Å². The number of aliphatic imine (C=N–C) groups is 1. The van der Waals surface area contributed by atoms with Gasteiger partial charge in [-0.3, -0.25) is 14.9 Å². The second-order valence-electron chi connectivity index (χ2n) is 9.07. The fraction of sp³-hybridized carbons (Fsp3) is 0.556. The summed E-state index contributed by atoms with van der Waals surface area (Å²) in [5.74, 6) is -0.158. The molecule has 1 fully saturated rings. The fourth-order valence-corrected chi connectivity index (χ4v) is 4.70. The number of piperidine rings is 1. The standard InChI is InChI=1S/C27H39FN4/c1-5-14-32(15-6-7-27-21(2)18-24(19-30-27)22(3)29-4)26-12-16-31(17-13-26)20-23-8-10-25(28)11-9-23/h8-11,18-19,26H,5-7,12-17,20H2,1-4H3. The molecule has 0 aliphatic carbocycles. The molecule has 1 aromatic carbocycles. The zero-order valence-corrected chi connectivity index (χ0v) is 20.3. The fourth-order valence-electron chi connectivity index (χ4n) is 4.70. The maximum Gasteiger partial charge on any atom is 0.123 e. The van der Waals surface area contributed by atoms with Gasteiger partial charge in [-0.2, -0.15) is 0 Å². The first-order valence-electron chi connectivity index (χ1n) is 12.1. The quantitative estimate of drug-likeness (QED) is 0.473. The lowest BCUT2D eigenvalue weighted by Gasteiger charge is -2.38. The smallest absolute Gasteiger partial charge is 0.123 e. The molecule has 0 saturated carbocycles. The highest BCUT2D eigenvalue weighted by Crippen LogP contribution is 2.20. The molecule has 0 radical (unpaired) electrons. The highest BCUT2D eigenvalue weighted by atomic mass is 19.1. The van der Waals surface area contributed by atoms with Crippen LogP contribution in [0.2, 0.25) is 0 Å². The molecule has 174 valence electrons. The molecule has 0 N–H and O–H groups in total. The van der Waals surface area contributed by atoms with Crippen LogP contribution in [0.1, 0.15) is 61.9 Å². The van der Waals surface area contributed by atoms with Crippen LogP contribution in [-0.4, -0.2) is 59.8 Å². The summed E-state index contributed by atoms with van der Waals surface area (Å²) in [6, 6.07) is 9.82. The number of hydrogen-bond donors (Lipinski definition) is 0. The topological polar surface area (TPSA) is 31.7 Å². The Bertz CT molecular complexity index is 870. The third kappa shape index (κ3) is 6.94. The van der Waals surface area contributed by atoms with E-state index in [0.29, 0.717) is 6.04 Å². The van der Waals surface area contributed by atoms with E-state index in [-0.39, 0.29) is 5.82 Å². The van der Waals surface area contributed by atoms with E-state index in [2.05, 4.69) is 34.7 Å². The summed E-state index contributed by atoms with van der Waals surface area (Å²) in [7, 11) is 1.83. The third-order valence-corrected chi connectivity index (χ3v) is 6.70. The lowest BCUT2D eigenvalue weighted by atomic mass is 10.0. The SMILES string of the molecule is CCCN(CCCc1ncc(C(C)=NC)cc1C)C1CCN(Cc2ccc(F)cc2)CC1. The van der Waals surface area contributed by atoms with Gasteiger partial charge in [-0.1, -0.05) is 19.1 Å². The molecule has 32 heavy (non-hydrogen) atoms. The summed E-state index contributed by atoms with van der Waals surface area (Å²) >= 11 is 0.